The largest absolute Gasteiger partial charge is 0.392 e. The maximum Gasteiger partial charge on any atom is 0.163 e. The van der Waals surface area contributed by atoms with E-state index in [0.29, 0.717) is 5.92 Å². The molecular weight excluding hydrogens is 206 g/mol. The third-order valence-electron chi connectivity index (χ3n) is 3.29. The second-order valence-corrected chi connectivity index (χ2v) is 5.68. The second kappa shape index (κ2) is 4.26. The van der Waals surface area contributed by atoms with Crippen molar-refractivity contribution in [1.82, 2.24) is 4.90 Å². The van der Waals surface area contributed by atoms with E-state index in [9.17, 15) is 5.11 Å². The molecule has 16 heavy (non-hydrogen) atoms. The number of likely N-dealkylation sites (tertiary alicyclic amines) is 1. The average Bonchev–Trinajstić information content (AvgIpc) is 2.38. The van der Waals surface area contributed by atoms with E-state index in [4.69, 9.17) is 9.47 Å². The van der Waals surface area contributed by atoms with E-state index in [-0.39, 0.29) is 18.3 Å². The molecule has 2 heterocycles. The fourth-order valence-electron chi connectivity index (χ4n) is 2.85. The Morgan fingerprint density at radius 1 is 1.38 bits per heavy atom. The summed E-state index contributed by atoms with van der Waals surface area (Å²) in [5.74, 6) is 0.00373. The zero-order valence-electron chi connectivity index (χ0n) is 10.6. The summed E-state index contributed by atoms with van der Waals surface area (Å²) < 4.78 is 11.8. The van der Waals surface area contributed by atoms with E-state index >= 15 is 0 Å². The van der Waals surface area contributed by atoms with Crippen LogP contribution in [0.5, 0.6) is 0 Å². The van der Waals surface area contributed by atoms with Crippen LogP contribution in [-0.4, -0.2) is 53.7 Å². The summed E-state index contributed by atoms with van der Waals surface area (Å²) in [6.45, 7) is 10.5. The summed E-state index contributed by atoms with van der Waals surface area (Å²) in [7, 11) is 0. The number of aliphatic hydroxyl groups excluding tert-OH is 1. The number of ether oxygens (including phenoxy) is 2. The molecule has 2 aliphatic rings. The van der Waals surface area contributed by atoms with Crippen molar-refractivity contribution in [2.24, 2.45) is 5.92 Å². The summed E-state index contributed by atoms with van der Waals surface area (Å²) in [5.41, 5.74) is 0. The lowest BCUT2D eigenvalue weighted by Crippen LogP contribution is -2.51. The highest BCUT2D eigenvalue weighted by atomic mass is 16.8. The molecule has 0 aromatic rings. The van der Waals surface area contributed by atoms with Crippen molar-refractivity contribution in [3.63, 3.8) is 0 Å². The Hall–Kier alpha value is -0.160. The molecule has 1 N–H and O–H groups in total. The van der Waals surface area contributed by atoms with E-state index in [2.05, 4.69) is 11.8 Å². The highest BCUT2D eigenvalue weighted by molar-refractivity contribution is 4.92. The molecular formula is C12H23NO3. The van der Waals surface area contributed by atoms with Gasteiger partial charge in [-0.15, -0.1) is 0 Å². The van der Waals surface area contributed by atoms with Gasteiger partial charge in [-0.05, 0) is 26.7 Å². The number of β-amino-alcohol motifs (C(OH)–C–C–N with tert-alkyl or cyclic N) is 1. The molecule has 4 nitrogen and oxygen atoms in total. The maximum atomic E-state index is 9.42. The van der Waals surface area contributed by atoms with Crippen molar-refractivity contribution in [3.05, 3.63) is 0 Å². The van der Waals surface area contributed by atoms with Crippen LogP contribution < -0.4 is 0 Å². The third kappa shape index (κ3) is 2.56. The Labute approximate surface area is 97.5 Å². The van der Waals surface area contributed by atoms with Gasteiger partial charge in [0.2, 0.25) is 0 Å². The molecule has 0 spiro atoms. The van der Waals surface area contributed by atoms with E-state index in [1.54, 1.807) is 0 Å². The maximum absolute atomic E-state index is 9.42. The van der Waals surface area contributed by atoms with Gasteiger partial charge in [-0.3, -0.25) is 4.90 Å². The monoisotopic (exact) mass is 229 g/mol. The minimum atomic E-state index is -0.454. The van der Waals surface area contributed by atoms with Crippen LogP contribution in [0, 0.1) is 5.92 Å². The van der Waals surface area contributed by atoms with Gasteiger partial charge in [0.15, 0.2) is 5.79 Å². The van der Waals surface area contributed by atoms with Gasteiger partial charge in [-0.2, -0.15) is 0 Å². The van der Waals surface area contributed by atoms with Crippen LogP contribution in [0.2, 0.25) is 0 Å². The van der Waals surface area contributed by atoms with Gasteiger partial charge in [-0.1, -0.05) is 6.92 Å². The number of nitrogens with zero attached hydrogens (tertiary/aromatic N) is 1. The quantitative estimate of drug-likeness (QED) is 0.762. The van der Waals surface area contributed by atoms with Crippen LogP contribution in [0.3, 0.4) is 0 Å². The summed E-state index contributed by atoms with van der Waals surface area (Å²) in [6.07, 6.45) is 0.0804. The molecule has 0 amide bonds. The number of hydrogen-bond acceptors (Lipinski definition) is 4. The number of aliphatic hydroxyl groups is 1. The van der Waals surface area contributed by atoms with Gasteiger partial charge in [0, 0.05) is 19.6 Å². The van der Waals surface area contributed by atoms with Crippen LogP contribution in [0.25, 0.3) is 0 Å². The molecule has 2 rings (SSSR count). The molecule has 0 aromatic heterocycles. The predicted molar refractivity (Wildman–Crippen MR) is 61.1 cm³/mol. The molecule has 0 bridgehead atoms. The number of fused-ring (bicyclic) bond motifs is 1. The fourth-order valence-corrected chi connectivity index (χ4v) is 2.85. The summed E-state index contributed by atoms with van der Waals surface area (Å²) >= 11 is 0. The molecule has 4 atom stereocenters. The fraction of sp³-hybridized carbons (Fsp3) is 1.00. The third-order valence-corrected chi connectivity index (χ3v) is 3.29. The van der Waals surface area contributed by atoms with E-state index in [1.807, 2.05) is 20.8 Å². The van der Waals surface area contributed by atoms with E-state index in [0.717, 1.165) is 19.6 Å². The van der Waals surface area contributed by atoms with Crippen LogP contribution in [-0.2, 0) is 9.47 Å². The molecule has 0 aromatic carbocycles. The van der Waals surface area contributed by atoms with E-state index < -0.39 is 5.79 Å². The lowest BCUT2D eigenvalue weighted by molar-refractivity contribution is -0.147. The van der Waals surface area contributed by atoms with Crippen molar-refractivity contribution in [2.75, 3.05) is 19.6 Å². The van der Waals surface area contributed by atoms with Gasteiger partial charge in [0.1, 0.15) is 6.10 Å². The van der Waals surface area contributed by atoms with Crippen molar-refractivity contribution in [1.29, 1.82) is 0 Å². The lowest BCUT2D eigenvalue weighted by atomic mass is 9.94. The summed E-state index contributed by atoms with van der Waals surface area (Å²) in [5, 5.41) is 9.42. The first-order valence-electron chi connectivity index (χ1n) is 6.13. The van der Waals surface area contributed by atoms with Crippen molar-refractivity contribution in [2.45, 2.75) is 51.8 Å². The summed E-state index contributed by atoms with van der Waals surface area (Å²) in [6, 6.07) is 0. The first kappa shape index (κ1) is 12.3. The van der Waals surface area contributed by atoms with Crippen LogP contribution in [0.15, 0.2) is 0 Å². The SMILES string of the molecule is C[C@@H](O)CN1C[C@@H]2OC(C)(C)O[C@@H]2[C@@H](C)C1. The Morgan fingerprint density at radius 2 is 2.06 bits per heavy atom. The number of rotatable bonds is 2. The predicted octanol–water partition coefficient (Wildman–Crippen LogP) is 0.839. The minimum Gasteiger partial charge on any atom is -0.392 e. The average molecular weight is 229 g/mol. The Bertz CT molecular complexity index is 255. The highest BCUT2D eigenvalue weighted by Gasteiger charge is 2.47. The Balaban J connectivity index is 1.99. The first-order chi connectivity index (χ1) is 7.37. The topological polar surface area (TPSA) is 41.9 Å². The molecule has 2 aliphatic heterocycles. The Kier molecular flexibility index (Phi) is 3.27. The molecule has 4 heteroatoms. The first-order valence-corrected chi connectivity index (χ1v) is 6.13. The molecule has 0 unspecified atom stereocenters. The van der Waals surface area contributed by atoms with Crippen LogP contribution in [0.1, 0.15) is 27.7 Å². The zero-order chi connectivity index (χ0) is 11.9. The molecule has 0 radical (unpaired) electrons. The van der Waals surface area contributed by atoms with Crippen LogP contribution in [0.4, 0.5) is 0 Å². The van der Waals surface area contributed by atoms with Crippen molar-refractivity contribution in [3.8, 4) is 0 Å². The standard InChI is InChI=1S/C12H23NO3/c1-8-5-13(6-9(2)14)7-10-11(8)16-12(3,4)15-10/h8-11,14H,5-7H2,1-4H3/t8-,9+,10-,11+/m0/s1. The van der Waals surface area contributed by atoms with Gasteiger partial charge < -0.3 is 14.6 Å². The molecule has 0 saturated carbocycles. The van der Waals surface area contributed by atoms with Crippen LogP contribution >= 0.6 is 0 Å². The number of hydrogen-bond donors (Lipinski definition) is 1. The normalized spacial score (nSPS) is 40.7. The molecule has 2 fully saturated rings. The lowest BCUT2D eigenvalue weighted by Gasteiger charge is -2.37. The van der Waals surface area contributed by atoms with Gasteiger partial charge in [-0.25, -0.2) is 0 Å². The highest BCUT2D eigenvalue weighted by Crippen LogP contribution is 2.35. The minimum absolute atomic E-state index is 0.150. The summed E-state index contributed by atoms with van der Waals surface area (Å²) in [4.78, 5) is 2.27. The van der Waals surface area contributed by atoms with Crippen molar-refractivity contribution < 1.29 is 14.6 Å². The van der Waals surface area contributed by atoms with Gasteiger partial charge >= 0.3 is 0 Å². The Morgan fingerprint density at radius 3 is 2.69 bits per heavy atom. The van der Waals surface area contributed by atoms with Gasteiger partial charge in [0.05, 0.1) is 12.2 Å². The zero-order valence-corrected chi connectivity index (χ0v) is 10.6. The van der Waals surface area contributed by atoms with E-state index in [1.165, 1.54) is 0 Å². The molecule has 94 valence electrons. The number of piperidine rings is 1. The second-order valence-electron chi connectivity index (χ2n) is 5.68. The molecule has 0 aliphatic carbocycles. The van der Waals surface area contributed by atoms with Crippen molar-refractivity contribution >= 4 is 0 Å². The molecule has 2 saturated heterocycles. The smallest absolute Gasteiger partial charge is 0.163 e. The van der Waals surface area contributed by atoms with Gasteiger partial charge in [0.25, 0.3) is 0 Å².